The van der Waals surface area contributed by atoms with Gasteiger partial charge in [0.05, 0.1) is 20.6 Å². The summed E-state index contributed by atoms with van der Waals surface area (Å²) in [5.41, 5.74) is 3.60. The summed E-state index contributed by atoms with van der Waals surface area (Å²) in [6, 6.07) is 15.8. The van der Waals surface area contributed by atoms with E-state index >= 15 is 0 Å². The predicted octanol–water partition coefficient (Wildman–Crippen LogP) is 6.45. The average molecular weight is 619 g/mol. The molecule has 10 heteroatoms. The van der Waals surface area contributed by atoms with Gasteiger partial charge >= 0.3 is 0 Å². The second-order valence-corrected chi connectivity index (χ2v) is 13.1. The highest BCUT2D eigenvalue weighted by Crippen LogP contribution is 2.29. The van der Waals surface area contributed by atoms with Gasteiger partial charge in [0.25, 0.3) is 10.0 Å². The SMILES string of the molecule is CCC(C)NC(=O)C(C)N(Cc1ccc(Cl)c(Cl)c1)C(=O)CN(c1ccc(C)cc1C)S(=O)(=O)c1ccc(C)cc1. The molecule has 41 heavy (non-hydrogen) atoms. The van der Waals surface area contributed by atoms with Crippen LogP contribution >= 0.6 is 23.2 Å². The summed E-state index contributed by atoms with van der Waals surface area (Å²) >= 11 is 12.3. The summed E-state index contributed by atoms with van der Waals surface area (Å²) in [7, 11) is -4.14. The third kappa shape index (κ3) is 8.03. The molecule has 0 spiro atoms. The van der Waals surface area contributed by atoms with Crippen LogP contribution in [-0.4, -0.2) is 43.8 Å². The fraction of sp³-hybridized carbons (Fsp3) is 0.355. The number of amides is 2. The molecule has 2 unspecified atom stereocenters. The number of halogens is 2. The van der Waals surface area contributed by atoms with Gasteiger partial charge in [0.2, 0.25) is 11.8 Å². The van der Waals surface area contributed by atoms with E-state index in [9.17, 15) is 18.0 Å². The van der Waals surface area contributed by atoms with Gasteiger partial charge in [-0.1, -0.05) is 71.6 Å². The summed E-state index contributed by atoms with van der Waals surface area (Å²) < 4.78 is 29.1. The van der Waals surface area contributed by atoms with Crippen molar-refractivity contribution in [1.82, 2.24) is 10.2 Å². The Morgan fingerprint density at radius 2 is 1.51 bits per heavy atom. The number of carbonyl (C=O) groups is 2. The number of carbonyl (C=O) groups excluding carboxylic acids is 2. The third-order valence-electron chi connectivity index (χ3n) is 7.01. The summed E-state index contributed by atoms with van der Waals surface area (Å²) in [5, 5.41) is 3.60. The van der Waals surface area contributed by atoms with E-state index in [1.165, 1.54) is 17.0 Å². The van der Waals surface area contributed by atoms with Crippen LogP contribution in [0.2, 0.25) is 10.0 Å². The Labute approximate surface area is 253 Å². The molecule has 3 aromatic carbocycles. The minimum Gasteiger partial charge on any atom is -0.352 e. The van der Waals surface area contributed by atoms with E-state index in [-0.39, 0.29) is 23.4 Å². The lowest BCUT2D eigenvalue weighted by Gasteiger charge is -2.33. The molecule has 0 radical (unpaired) electrons. The quantitative estimate of drug-likeness (QED) is 0.268. The summed E-state index contributed by atoms with van der Waals surface area (Å²) in [6.07, 6.45) is 0.717. The van der Waals surface area contributed by atoms with Crippen molar-refractivity contribution in [2.45, 2.75) is 71.5 Å². The average Bonchev–Trinajstić information content (AvgIpc) is 2.92. The molecule has 0 heterocycles. The fourth-order valence-corrected chi connectivity index (χ4v) is 6.12. The molecule has 0 saturated heterocycles. The van der Waals surface area contributed by atoms with Crippen molar-refractivity contribution in [3.8, 4) is 0 Å². The van der Waals surface area contributed by atoms with Crippen LogP contribution in [0.1, 0.15) is 49.4 Å². The lowest BCUT2D eigenvalue weighted by molar-refractivity contribution is -0.139. The van der Waals surface area contributed by atoms with Crippen LogP contribution in [0.15, 0.2) is 65.6 Å². The Morgan fingerprint density at radius 1 is 0.878 bits per heavy atom. The van der Waals surface area contributed by atoms with Gasteiger partial charge < -0.3 is 10.2 Å². The molecule has 2 amide bonds. The molecule has 3 aromatic rings. The molecule has 1 N–H and O–H groups in total. The first kappa shape index (κ1) is 32.4. The molecule has 0 bridgehead atoms. The van der Waals surface area contributed by atoms with Gasteiger partial charge in [-0.15, -0.1) is 0 Å². The number of benzene rings is 3. The smallest absolute Gasteiger partial charge is 0.264 e. The molecular formula is C31H37Cl2N3O4S. The zero-order valence-corrected chi connectivity index (χ0v) is 26.6. The molecule has 7 nitrogen and oxygen atoms in total. The number of nitrogens with zero attached hydrogens (tertiary/aromatic N) is 2. The Bertz CT molecular complexity index is 1510. The van der Waals surface area contributed by atoms with E-state index in [1.807, 2.05) is 33.8 Å². The topological polar surface area (TPSA) is 86.8 Å². The summed E-state index contributed by atoms with van der Waals surface area (Å²) in [4.78, 5) is 28.7. The van der Waals surface area contributed by atoms with E-state index in [1.54, 1.807) is 56.3 Å². The van der Waals surface area contributed by atoms with E-state index in [0.717, 1.165) is 15.4 Å². The van der Waals surface area contributed by atoms with Crippen LogP contribution in [-0.2, 0) is 26.2 Å². The molecule has 0 aliphatic heterocycles. The van der Waals surface area contributed by atoms with Crippen molar-refractivity contribution in [2.24, 2.45) is 0 Å². The molecule has 2 atom stereocenters. The Hall–Kier alpha value is -3.07. The van der Waals surface area contributed by atoms with Crippen LogP contribution < -0.4 is 9.62 Å². The number of nitrogens with one attached hydrogen (secondary N) is 1. The van der Waals surface area contributed by atoms with Gasteiger partial charge in [0, 0.05) is 12.6 Å². The highest BCUT2D eigenvalue weighted by molar-refractivity contribution is 7.92. The van der Waals surface area contributed by atoms with Crippen LogP contribution in [0, 0.1) is 20.8 Å². The number of hydrogen-bond acceptors (Lipinski definition) is 4. The van der Waals surface area contributed by atoms with Crippen molar-refractivity contribution < 1.29 is 18.0 Å². The van der Waals surface area contributed by atoms with Gasteiger partial charge in [0.1, 0.15) is 12.6 Å². The molecule has 0 saturated carbocycles. The van der Waals surface area contributed by atoms with E-state index in [0.29, 0.717) is 33.3 Å². The van der Waals surface area contributed by atoms with Crippen molar-refractivity contribution in [3.63, 3.8) is 0 Å². The van der Waals surface area contributed by atoms with Crippen LogP contribution in [0.3, 0.4) is 0 Å². The fourth-order valence-electron chi connectivity index (χ4n) is 4.32. The van der Waals surface area contributed by atoms with Crippen molar-refractivity contribution in [2.75, 3.05) is 10.8 Å². The monoisotopic (exact) mass is 617 g/mol. The summed E-state index contributed by atoms with van der Waals surface area (Å²) in [5.74, 6) is -0.884. The zero-order valence-electron chi connectivity index (χ0n) is 24.2. The number of hydrogen-bond donors (Lipinski definition) is 1. The maximum atomic E-state index is 14.1. The van der Waals surface area contributed by atoms with Crippen molar-refractivity contribution in [3.05, 3.63) is 93.0 Å². The Morgan fingerprint density at radius 3 is 2.10 bits per heavy atom. The van der Waals surface area contributed by atoms with Gasteiger partial charge in [0.15, 0.2) is 0 Å². The van der Waals surface area contributed by atoms with Gasteiger partial charge in [-0.3, -0.25) is 13.9 Å². The molecule has 3 rings (SSSR count). The van der Waals surface area contributed by atoms with Crippen LogP contribution in [0.5, 0.6) is 0 Å². The van der Waals surface area contributed by atoms with Crippen molar-refractivity contribution >= 4 is 50.7 Å². The first-order valence-electron chi connectivity index (χ1n) is 13.4. The second-order valence-electron chi connectivity index (χ2n) is 10.4. The molecule has 0 aliphatic rings. The lowest BCUT2D eigenvalue weighted by Crippen LogP contribution is -2.52. The number of sulfonamides is 1. The highest BCUT2D eigenvalue weighted by Gasteiger charge is 2.33. The molecule has 0 aliphatic carbocycles. The van der Waals surface area contributed by atoms with Gasteiger partial charge in [-0.05, 0) is 82.5 Å². The van der Waals surface area contributed by atoms with Crippen LogP contribution in [0.25, 0.3) is 0 Å². The Balaban J connectivity index is 2.07. The second kappa shape index (κ2) is 13.7. The van der Waals surface area contributed by atoms with Crippen molar-refractivity contribution in [1.29, 1.82) is 0 Å². The Kier molecular flexibility index (Phi) is 10.9. The van der Waals surface area contributed by atoms with E-state index < -0.39 is 28.5 Å². The first-order valence-corrected chi connectivity index (χ1v) is 15.6. The molecular weight excluding hydrogens is 581 g/mol. The third-order valence-corrected chi connectivity index (χ3v) is 9.53. The summed E-state index contributed by atoms with van der Waals surface area (Å²) in [6.45, 7) is 10.6. The minimum atomic E-state index is -4.14. The van der Waals surface area contributed by atoms with Gasteiger partial charge in [-0.25, -0.2) is 8.42 Å². The molecule has 220 valence electrons. The predicted molar refractivity (Wildman–Crippen MR) is 166 cm³/mol. The van der Waals surface area contributed by atoms with Gasteiger partial charge in [-0.2, -0.15) is 0 Å². The molecule has 0 aromatic heterocycles. The van der Waals surface area contributed by atoms with E-state index in [4.69, 9.17) is 23.2 Å². The number of aryl methyl sites for hydroxylation is 3. The largest absolute Gasteiger partial charge is 0.352 e. The normalized spacial score (nSPS) is 12.9. The number of rotatable bonds is 11. The maximum absolute atomic E-state index is 14.1. The van der Waals surface area contributed by atoms with E-state index in [2.05, 4.69) is 5.32 Å². The van der Waals surface area contributed by atoms with Crippen LogP contribution in [0.4, 0.5) is 5.69 Å². The first-order chi connectivity index (χ1) is 19.2. The maximum Gasteiger partial charge on any atom is 0.264 e. The molecule has 0 fully saturated rings. The minimum absolute atomic E-state index is 0.0239. The zero-order chi connectivity index (χ0) is 30.5. The standard InChI is InChI=1S/C31H37Cl2N3O4S/c1-7-23(5)34-31(38)24(6)35(18-25-11-14-27(32)28(33)17-25)30(37)19-36(29-15-10-21(3)16-22(29)4)41(39,40)26-12-8-20(2)9-13-26/h8-17,23-24H,7,18-19H2,1-6H3,(H,34,38). The lowest BCUT2D eigenvalue weighted by atomic mass is 10.1. The number of anilines is 1. The highest BCUT2D eigenvalue weighted by atomic mass is 35.5.